The molecule has 0 atom stereocenters. The Kier molecular flexibility index (Phi) is 6.48. The number of H-pyrrole nitrogens is 1. The first-order chi connectivity index (χ1) is 19.0. The molecule has 0 aliphatic heterocycles. The third-order valence-corrected chi connectivity index (χ3v) is 7.79. The van der Waals surface area contributed by atoms with Crippen molar-refractivity contribution in [3.8, 4) is 17.1 Å². The molecule has 0 fully saturated rings. The Bertz CT molecular complexity index is 1890. The van der Waals surface area contributed by atoms with Crippen LogP contribution >= 0.6 is 11.6 Å². The van der Waals surface area contributed by atoms with Crippen molar-refractivity contribution in [2.45, 2.75) is 46.6 Å². The average molecular weight is 538 g/mol. The number of nitrogens with zero attached hydrogens (tertiary/aromatic N) is 6. The van der Waals surface area contributed by atoms with Crippen molar-refractivity contribution in [2.24, 2.45) is 0 Å². The fourth-order valence-electron chi connectivity index (χ4n) is 5.19. The zero-order valence-electron chi connectivity index (χ0n) is 22.1. The van der Waals surface area contributed by atoms with Gasteiger partial charge in [-0.3, -0.25) is 9.36 Å². The Morgan fingerprint density at radius 3 is 2.72 bits per heavy atom. The number of tetrazole rings is 1. The van der Waals surface area contributed by atoms with E-state index in [1.54, 1.807) is 4.57 Å². The Morgan fingerprint density at radius 1 is 1.05 bits per heavy atom. The van der Waals surface area contributed by atoms with E-state index in [4.69, 9.17) is 16.6 Å². The summed E-state index contributed by atoms with van der Waals surface area (Å²) in [6.07, 6.45) is 4.75. The summed E-state index contributed by atoms with van der Waals surface area (Å²) in [4.78, 5) is 18.9. The van der Waals surface area contributed by atoms with Gasteiger partial charge in [-0.25, -0.2) is 4.98 Å². The summed E-state index contributed by atoms with van der Waals surface area (Å²) in [5.41, 5.74) is 6.38. The van der Waals surface area contributed by atoms with Crippen LogP contribution in [0.25, 0.3) is 38.9 Å². The van der Waals surface area contributed by atoms with Gasteiger partial charge in [-0.2, -0.15) is 5.21 Å². The van der Waals surface area contributed by atoms with Gasteiger partial charge in [0.05, 0.1) is 16.6 Å². The Morgan fingerprint density at radius 2 is 1.92 bits per heavy atom. The molecule has 0 spiro atoms. The smallest absolute Gasteiger partial charge is 0.266 e. The van der Waals surface area contributed by atoms with Gasteiger partial charge in [0.25, 0.3) is 5.56 Å². The Hall–Kier alpha value is -4.30. The molecule has 0 unspecified atom stereocenters. The molecule has 1 N–H and O–H groups in total. The lowest BCUT2D eigenvalue weighted by molar-refractivity contribution is 0.720. The molecule has 39 heavy (non-hydrogen) atoms. The molecule has 0 saturated carbocycles. The molecule has 0 aliphatic rings. The van der Waals surface area contributed by atoms with E-state index >= 15 is 0 Å². The highest BCUT2D eigenvalue weighted by Crippen LogP contribution is 2.30. The van der Waals surface area contributed by atoms with Crippen LogP contribution in [0.5, 0.6) is 0 Å². The molecule has 0 bridgehead atoms. The van der Waals surface area contributed by atoms with Crippen LogP contribution in [0.4, 0.5) is 0 Å². The van der Waals surface area contributed by atoms with Crippen molar-refractivity contribution in [1.82, 2.24) is 34.7 Å². The number of unbranched alkanes of at least 4 members (excludes halogenated alkanes) is 1. The Balaban J connectivity index is 1.46. The minimum Gasteiger partial charge on any atom is -0.343 e. The van der Waals surface area contributed by atoms with E-state index in [9.17, 15) is 4.79 Å². The normalized spacial score (nSPS) is 11.6. The average Bonchev–Trinajstić information content (AvgIpc) is 3.61. The molecule has 0 aliphatic carbocycles. The van der Waals surface area contributed by atoms with Gasteiger partial charge in [-0.1, -0.05) is 43.1 Å². The summed E-state index contributed by atoms with van der Waals surface area (Å²) in [6.45, 7) is 6.71. The lowest BCUT2D eigenvalue weighted by atomic mass is 10.0. The van der Waals surface area contributed by atoms with Crippen molar-refractivity contribution >= 4 is 33.4 Å². The monoisotopic (exact) mass is 537 g/mol. The lowest BCUT2D eigenvalue weighted by Gasteiger charge is -2.16. The number of fused-ring (bicyclic) bond motifs is 2. The maximum absolute atomic E-state index is 13.9. The SMILES string of the molecule is CCCCc1nc2ccc(C)c(C)c2c(=O)n1-c1ccc2c(ccn2Cc2c(Cl)cccc2-c2nn[nH]n2)c1. The van der Waals surface area contributed by atoms with Crippen LogP contribution in [-0.4, -0.2) is 34.7 Å². The third kappa shape index (κ3) is 4.40. The molecular formula is C30H28ClN7O. The van der Waals surface area contributed by atoms with Gasteiger partial charge >= 0.3 is 0 Å². The second-order valence-corrected chi connectivity index (χ2v) is 10.3. The van der Waals surface area contributed by atoms with Gasteiger partial charge in [0.1, 0.15) is 5.82 Å². The summed E-state index contributed by atoms with van der Waals surface area (Å²) in [5, 5.41) is 16.8. The van der Waals surface area contributed by atoms with Crippen LogP contribution in [0, 0.1) is 13.8 Å². The summed E-state index contributed by atoms with van der Waals surface area (Å²) < 4.78 is 3.93. The molecule has 9 heteroatoms. The highest BCUT2D eigenvalue weighted by Gasteiger charge is 2.17. The van der Waals surface area contributed by atoms with E-state index in [1.807, 2.05) is 56.4 Å². The van der Waals surface area contributed by atoms with Gasteiger partial charge in [0.2, 0.25) is 5.82 Å². The van der Waals surface area contributed by atoms with Crippen LogP contribution in [0.2, 0.25) is 5.02 Å². The summed E-state index contributed by atoms with van der Waals surface area (Å²) in [6, 6.07) is 17.9. The van der Waals surface area contributed by atoms with Crippen LogP contribution in [0.15, 0.2) is 65.6 Å². The minimum absolute atomic E-state index is 0.0214. The summed E-state index contributed by atoms with van der Waals surface area (Å²) >= 11 is 6.62. The van der Waals surface area contributed by atoms with E-state index in [1.165, 1.54) is 0 Å². The zero-order chi connectivity index (χ0) is 27.1. The maximum Gasteiger partial charge on any atom is 0.266 e. The third-order valence-electron chi connectivity index (χ3n) is 7.44. The fourth-order valence-corrected chi connectivity index (χ4v) is 5.43. The molecular weight excluding hydrogens is 510 g/mol. The predicted octanol–water partition coefficient (Wildman–Crippen LogP) is 6.18. The number of aryl methyl sites for hydroxylation is 3. The van der Waals surface area contributed by atoms with E-state index in [2.05, 4.69) is 50.3 Å². The van der Waals surface area contributed by atoms with Crippen molar-refractivity contribution in [3.05, 3.63) is 98.7 Å². The standard InChI is InChI=1S/C30H28ClN7O/c1-4-5-9-27-32-25-12-10-18(2)19(3)28(25)30(39)38(27)21-11-13-26-20(16-21)14-15-37(26)17-23-22(7-6-8-24(23)31)29-33-35-36-34-29/h6-8,10-16H,4-5,9,17H2,1-3H3,(H,33,34,35,36). The van der Waals surface area contributed by atoms with Crippen molar-refractivity contribution in [1.29, 1.82) is 0 Å². The topological polar surface area (TPSA) is 94.3 Å². The molecule has 0 amide bonds. The number of aromatic nitrogens is 7. The number of benzene rings is 3. The van der Waals surface area contributed by atoms with Gasteiger partial charge in [0.15, 0.2) is 0 Å². The van der Waals surface area contributed by atoms with E-state index < -0.39 is 0 Å². The van der Waals surface area contributed by atoms with Gasteiger partial charge in [0, 0.05) is 46.2 Å². The summed E-state index contributed by atoms with van der Waals surface area (Å²) in [7, 11) is 0. The number of rotatable bonds is 7. The van der Waals surface area contributed by atoms with Crippen LogP contribution in [0.3, 0.4) is 0 Å². The molecule has 0 saturated heterocycles. The maximum atomic E-state index is 13.9. The molecule has 3 heterocycles. The molecule has 3 aromatic heterocycles. The Labute approximate surface area is 230 Å². The number of nitrogens with one attached hydrogen (secondary N) is 1. The number of halogens is 1. The van der Waals surface area contributed by atoms with E-state index in [-0.39, 0.29) is 5.56 Å². The van der Waals surface area contributed by atoms with Crippen molar-refractivity contribution < 1.29 is 0 Å². The number of hydrogen-bond acceptors (Lipinski definition) is 5. The van der Waals surface area contributed by atoms with Crippen molar-refractivity contribution in [3.63, 3.8) is 0 Å². The number of aromatic amines is 1. The fraction of sp³-hybridized carbons (Fsp3) is 0.233. The molecule has 0 radical (unpaired) electrons. The first kappa shape index (κ1) is 25.0. The quantitative estimate of drug-likeness (QED) is 0.262. The summed E-state index contributed by atoms with van der Waals surface area (Å²) in [5.74, 6) is 1.29. The molecule has 8 nitrogen and oxygen atoms in total. The van der Waals surface area contributed by atoms with E-state index in [0.29, 0.717) is 22.8 Å². The van der Waals surface area contributed by atoms with Gasteiger partial charge < -0.3 is 4.57 Å². The molecule has 6 aromatic rings. The van der Waals surface area contributed by atoms with Crippen LogP contribution < -0.4 is 5.56 Å². The highest BCUT2D eigenvalue weighted by atomic mass is 35.5. The van der Waals surface area contributed by atoms with Crippen LogP contribution in [-0.2, 0) is 13.0 Å². The van der Waals surface area contributed by atoms with Crippen LogP contribution in [0.1, 0.15) is 42.3 Å². The van der Waals surface area contributed by atoms with Gasteiger partial charge in [-0.05, 0) is 73.0 Å². The molecule has 3 aromatic carbocycles. The second-order valence-electron chi connectivity index (χ2n) is 9.86. The van der Waals surface area contributed by atoms with Gasteiger partial charge in [-0.15, -0.1) is 10.2 Å². The predicted molar refractivity (Wildman–Crippen MR) is 155 cm³/mol. The van der Waals surface area contributed by atoms with Crippen molar-refractivity contribution in [2.75, 3.05) is 0 Å². The van der Waals surface area contributed by atoms with E-state index in [0.717, 1.165) is 69.4 Å². The first-order valence-electron chi connectivity index (χ1n) is 13.1. The second kappa shape index (κ2) is 10.1. The first-order valence-corrected chi connectivity index (χ1v) is 13.5. The molecule has 6 rings (SSSR count). The number of hydrogen-bond donors (Lipinski definition) is 1. The minimum atomic E-state index is -0.0214. The highest BCUT2D eigenvalue weighted by molar-refractivity contribution is 6.31. The lowest BCUT2D eigenvalue weighted by Crippen LogP contribution is -2.24. The largest absolute Gasteiger partial charge is 0.343 e. The zero-order valence-corrected chi connectivity index (χ0v) is 22.8. The molecule has 196 valence electrons.